The Hall–Kier alpha value is -1.89. The lowest BCUT2D eigenvalue weighted by atomic mass is 10.2. The van der Waals surface area contributed by atoms with Crippen molar-refractivity contribution in [3.8, 4) is 5.75 Å². The number of aryl methyl sites for hydroxylation is 1. The Labute approximate surface area is 131 Å². The number of nitrogens with one attached hydrogen (secondary N) is 1. The molecule has 0 aliphatic rings. The molecule has 0 saturated heterocycles. The van der Waals surface area contributed by atoms with E-state index in [0.29, 0.717) is 10.8 Å². The molecule has 0 heterocycles. The van der Waals surface area contributed by atoms with Crippen LogP contribution in [0.2, 0.25) is 5.02 Å². The van der Waals surface area contributed by atoms with Crippen molar-refractivity contribution in [1.82, 2.24) is 5.32 Å². The Morgan fingerprint density at radius 3 is 2.55 bits per heavy atom. The van der Waals surface area contributed by atoms with Crippen molar-refractivity contribution in [1.29, 1.82) is 0 Å². The molecule has 2 unspecified atom stereocenters. The number of alkyl halides is 2. The fourth-order valence-electron chi connectivity index (χ4n) is 1.64. The van der Waals surface area contributed by atoms with E-state index in [9.17, 15) is 18.4 Å². The molecule has 0 fully saturated rings. The number of halogens is 3. The minimum Gasteiger partial charge on any atom is -0.481 e. The molecule has 122 valence electrons. The van der Waals surface area contributed by atoms with E-state index in [1.807, 2.05) is 5.32 Å². The van der Waals surface area contributed by atoms with Crippen LogP contribution in [0.25, 0.3) is 0 Å². The molecule has 1 amide bonds. The molecule has 0 aliphatic carbocycles. The van der Waals surface area contributed by atoms with Gasteiger partial charge in [-0.15, -0.1) is 0 Å². The van der Waals surface area contributed by atoms with Crippen LogP contribution in [0.3, 0.4) is 0 Å². The highest BCUT2D eigenvalue weighted by Crippen LogP contribution is 2.21. The Balaban J connectivity index is 2.67. The molecule has 2 atom stereocenters. The lowest BCUT2D eigenvalue weighted by Crippen LogP contribution is -2.47. The van der Waals surface area contributed by atoms with Gasteiger partial charge in [-0.25, -0.2) is 13.6 Å². The average molecular weight is 336 g/mol. The van der Waals surface area contributed by atoms with Crippen molar-refractivity contribution in [2.75, 3.05) is 0 Å². The van der Waals surface area contributed by atoms with Crippen LogP contribution < -0.4 is 10.1 Å². The smallest absolute Gasteiger partial charge is 0.326 e. The molecular weight excluding hydrogens is 320 g/mol. The molecule has 0 spiro atoms. The third-order valence-electron chi connectivity index (χ3n) is 2.84. The van der Waals surface area contributed by atoms with Crippen LogP contribution >= 0.6 is 11.6 Å². The predicted molar refractivity (Wildman–Crippen MR) is 76.5 cm³/mol. The van der Waals surface area contributed by atoms with Gasteiger partial charge in [-0.2, -0.15) is 0 Å². The molecule has 22 heavy (non-hydrogen) atoms. The summed E-state index contributed by atoms with van der Waals surface area (Å²) in [7, 11) is 0. The van der Waals surface area contributed by atoms with E-state index >= 15 is 0 Å². The Morgan fingerprint density at radius 2 is 2.05 bits per heavy atom. The van der Waals surface area contributed by atoms with Crippen molar-refractivity contribution in [2.45, 2.75) is 38.8 Å². The van der Waals surface area contributed by atoms with Crippen LogP contribution in [0.1, 0.15) is 18.9 Å². The Bertz CT molecular complexity index is 554. The van der Waals surface area contributed by atoms with Gasteiger partial charge in [-0.1, -0.05) is 11.6 Å². The largest absolute Gasteiger partial charge is 0.481 e. The second-order valence-corrected chi connectivity index (χ2v) is 5.10. The summed E-state index contributed by atoms with van der Waals surface area (Å²) in [6.07, 6.45) is -4.84. The van der Waals surface area contributed by atoms with Crippen LogP contribution in [-0.4, -0.2) is 35.6 Å². The van der Waals surface area contributed by atoms with Gasteiger partial charge in [0.25, 0.3) is 5.91 Å². The highest BCUT2D eigenvalue weighted by Gasteiger charge is 2.26. The number of aliphatic carboxylic acids is 1. The van der Waals surface area contributed by atoms with Gasteiger partial charge in [0.05, 0.1) is 0 Å². The summed E-state index contributed by atoms with van der Waals surface area (Å²) in [5.41, 5.74) is 0.743. The number of carboxylic acid groups (broad SMARTS) is 1. The second kappa shape index (κ2) is 7.93. The molecular formula is C14H16ClF2NO4. The standard InChI is InChI=1S/C14H16ClF2NO4/c1-7-5-9(3-4-10(7)15)22-8(2)13(19)18-11(14(20)21)6-12(16)17/h3-5,8,11-12H,6H2,1-2H3,(H,18,19)(H,20,21). The number of hydrogen-bond acceptors (Lipinski definition) is 3. The maximum Gasteiger partial charge on any atom is 0.326 e. The molecule has 0 bridgehead atoms. The van der Waals surface area contributed by atoms with E-state index < -0.39 is 36.9 Å². The molecule has 1 aromatic carbocycles. The minimum atomic E-state index is -2.84. The molecule has 2 N–H and O–H groups in total. The topological polar surface area (TPSA) is 75.6 Å². The lowest BCUT2D eigenvalue weighted by Gasteiger charge is -2.19. The van der Waals surface area contributed by atoms with Gasteiger partial charge in [0, 0.05) is 11.4 Å². The number of carbonyl (C=O) groups excluding carboxylic acids is 1. The van der Waals surface area contributed by atoms with Gasteiger partial charge in [0.15, 0.2) is 6.10 Å². The normalized spacial score (nSPS) is 13.5. The van der Waals surface area contributed by atoms with E-state index in [1.165, 1.54) is 6.92 Å². The average Bonchev–Trinajstić information content (AvgIpc) is 2.41. The van der Waals surface area contributed by atoms with Crippen LogP contribution in [0.15, 0.2) is 18.2 Å². The molecule has 5 nitrogen and oxygen atoms in total. The van der Waals surface area contributed by atoms with Crippen LogP contribution in [0, 0.1) is 6.92 Å². The molecule has 1 aromatic rings. The van der Waals surface area contributed by atoms with Gasteiger partial charge in [-0.3, -0.25) is 4.79 Å². The van der Waals surface area contributed by atoms with Gasteiger partial charge < -0.3 is 15.2 Å². The van der Waals surface area contributed by atoms with Gasteiger partial charge in [0.1, 0.15) is 11.8 Å². The summed E-state index contributed by atoms with van der Waals surface area (Å²) in [4.78, 5) is 22.7. The molecule has 0 aromatic heterocycles. The monoisotopic (exact) mass is 335 g/mol. The molecule has 8 heteroatoms. The molecule has 0 aliphatic heterocycles. The number of benzene rings is 1. The first-order chi connectivity index (χ1) is 10.2. The zero-order chi connectivity index (χ0) is 16.9. The summed E-state index contributed by atoms with van der Waals surface area (Å²) in [5.74, 6) is -1.95. The number of rotatable bonds is 7. The van der Waals surface area contributed by atoms with Crippen molar-refractivity contribution in [3.05, 3.63) is 28.8 Å². The highest BCUT2D eigenvalue weighted by atomic mass is 35.5. The predicted octanol–water partition coefficient (Wildman–Crippen LogP) is 2.64. The lowest BCUT2D eigenvalue weighted by molar-refractivity contribution is -0.144. The summed E-state index contributed by atoms with van der Waals surface area (Å²) >= 11 is 5.86. The first kappa shape index (κ1) is 18.2. The first-order valence-corrected chi connectivity index (χ1v) is 6.82. The quantitative estimate of drug-likeness (QED) is 0.803. The highest BCUT2D eigenvalue weighted by molar-refractivity contribution is 6.31. The number of ether oxygens (including phenoxy) is 1. The number of carboxylic acids is 1. The molecule has 1 rings (SSSR count). The van der Waals surface area contributed by atoms with Gasteiger partial charge in [0.2, 0.25) is 6.43 Å². The minimum absolute atomic E-state index is 0.366. The fraction of sp³-hybridized carbons (Fsp3) is 0.429. The zero-order valence-electron chi connectivity index (χ0n) is 12.0. The summed E-state index contributed by atoms with van der Waals surface area (Å²) in [6, 6.07) is 3.09. The van der Waals surface area contributed by atoms with Crippen molar-refractivity contribution in [3.63, 3.8) is 0 Å². The zero-order valence-corrected chi connectivity index (χ0v) is 12.7. The van der Waals surface area contributed by atoms with E-state index in [-0.39, 0.29) is 0 Å². The summed E-state index contributed by atoms with van der Waals surface area (Å²) in [6.45, 7) is 3.14. The van der Waals surface area contributed by atoms with Crippen LogP contribution in [0.5, 0.6) is 5.75 Å². The molecule has 0 radical (unpaired) electrons. The Morgan fingerprint density at radius 1 is 1.41 bits per heavy atom. The van der Waals surface area contributed by atoms with E-state index in [1.54, 1.807) is 25.1 Å². The van der Waals surface area contributed by atoms with Crippen LogP contribution in [-0.2, 0) is 9.59 Å². The SMILES string of the molecule is Cc1cc(OC(C)C(=O)NC(CC(F)F)C(=O)O)ccc1Cl. The van der Waals surface area contributed by atoms with Gasteiger partial charge in [-0.05, 0) is 37.6 Å². The number of carbonyl (C=O) groups is 2. The number of hydrogen-bond donors (Lipinski definition) is 2. The van der Waals surface area contributed by atoms with Crippen molar-refractivity contribution >= 4 is 23.5 Å². The van der Waals surface area contributed by atoms with Gasteiger partial charge >= 0.3 is 5.97 Å². The fourth-order valence-corrected chi connectivity index (χ4v) is 1.75. The van der Waals surface area contributed by atoms with Crippen molar-refractivity contribution in [2.24, 2.45) is 0 Å². The van der Waals surface area contributed by atoms with E-state index in [4.69, 9.17) is 21.4 Å². The molecule has 0 saturated carbocycles. The van der Waals surface area contributed by atoms with E-state index in [0.717, 1.165) is 5.56 Å². The Kier molecular flexibility index (Phi) is 6.55. The van der Waals surface area contributed by atoms with Crippen LogP contribution in [0.4, 0.5) is 8.78 Å². The van der Waals surface area contributed by atoms with E-state index in [2.05, 4.69) is 0 Å². The first-order valence-electron chi connectivity index (χ1n) is 6.45. The number of amides is 1. The maximum atomic E-state index is 12.3. The summed E-state index contributed by atoms with van der Waals surface area (Å²) in [5, 5.41) is 11.4. The summed E-state index contributed by atoms with van der Waals surface area (Å²) < 4.78 is 29.9. The second-order valence-electron chi connectivity index (χ2n) is 4.70. The van der Waals surface area contributed by atoms with Crippen molar-refractivity contribution < 1.29 is 28.2 Å². The maximum absolute atomic E-state index is 12.3. The third kappa shape index (κ3) is 5.48. The third-order valence-corrected chi connectivity index (χ3v) is 3.26.